The molecule has 224 valence electrons. The van der Waals surface area contributed by atoms with Crippen LogP contribution in [0.4, 0.5) is 10.1 Å². The van der Waals surface area contributed by atoms with Gasteiger partial charge in [-0.25, -0.2) is 12.8 Å². The molecular weight excluding hydrogens is 569 g/mol. The maximum atomic E-state index is 14.9. The van der Waals surface area contributed by atoms with E-state index in [2.05, 4.69) is 5.32 Å². The topological polar surface area (TPSA) is 96.0 Å². The predicted octanol–water partition coefficient (Wildman–Crippen LogP) is 4.81. The third kappa shape index (κ3) is 7.78. The minimum atomic E-state index is -4.25. The van der Waals surface area contributed by atoms with Crippen molar-refractivity contribution < 1.29 is 27.1 Å². The third-order valence-corrected chi connectivity index (χ3v) is 8.66. The van der Waals surface area contributed by atoms with Crippen LogP contribution in [0.25, 0.3) is 0 Å². The van der Waals surface area contributed by atoms with Crippen molar-refractivity contribution in [2.45, 2.75) is 30.8 Å². The van der Waals surface area contributed by atoms with Gasteiger partial charge in [0.05, 0.1) is 17.7 Å². The molecule has 0 saturated heterocycles. The summed E-state index contributed by atoms with van der Waals surface area (Å²) < 4.78 is 49.2. The first kappa shape index (κ1) is 31.2. The zero-order chi connectivity index (χ0) is 30.8. The van der Waals surface area contributed by atoms with E-state index in [1.165, 1.54) is 48.4 Å². The molecule has 4 rings (SSSR count). The highest BCUT2D eigenvalue weighted by Crippen LogP contribution is 2.28. The van der Waals surface area contributed by atoms with Crippen molar-refractivity contribution in [1.82, 2.24) is 10.2 Å². The van der Waals surface area contributed by atoms with Gasteiger partial charge in [-0.1, -0.05) is 72.8 Å². The Morgan fingerprint density at radius 3 is 2.19 bits per heavy atom. The first-order chi connectivity index (χ1) is 20.7. The quantitative estimate of drug-likeness (QED) is 0.237. The fourth-order valence-corrected chi connectivity index (χ4v) is 6.10. The zero-order valence-corrected chi connectivity index (χ0v) is 24.8. The molecule has 1 atom stereocenters. The monoisotopic (exact) mass is 603 g/mol. The van der Waals surface area contributed by atoms with E-state index in [0.29, 0.717) is 12.3 Å². The second-order valence-electron chi connectivity index (χ2n) is 9.74. The summed E-state index contributed by atoms with van der Waals surface area (Å²) in [6.07, 6.45) is 0.136. The highest BCUT2D eigenvalue weighted by molar-refractivity contribution is 7.92. The van der Waals surface area contributed by atoms with Crippen LogP contribution in [-0.4, -0.2) is 51.4 Å². The molecule has 0 aromatic heterocycles. The molecular formula is C33H34FN3O5S. The van der Waals surface area contributed by atoms with Gasteiger partial charge >= 0.3 is 0 Å². The number of halogens is 1. The smallest absolute Gasteiger partial charge is 0.264 e. The van der Waals surface area contributed by atoms with E-state index in [1.54, 1.807) is 49.4 Å². The maximum absolute atomic E-state index is 14.9. The number of hydrogen-bond acceptors (Lipinski definition) is 5. The second-order valence-corrected chi connectivity index (χ2v) is 11.6. The lowest BCUT2D eigenvalue weighted by Crippen LogP contribution is -2.53. The number of rotatable bonds is 13. The van der Waals surface area contributed by atoms with Crippen LogP contribution in [0.3, 0.4) is 0 Å². The molecule has 0 radical (unpaired) electrons. The van der Waals surface area contributed by atoms with Crippen molar-refractivity contribution in [2.24, 2.45) is 0 Å². The largest absolute Gasteiger partial charge is 0.497 e. The SMILES string of the molecule is CCNC(=O)[C@@H](Cc1ccccc1)N(Cc1ccccc1F)C(=O)CN(c1cccc(OC)c1)S(=O)(=O)c1ccccc1. The Hall–Kier alpha value is -4.70. The lowest BCUT2D eigenvalue weighted by molar-refractivity contribution is -0.140. The summed E-state index contributed by atoms with van der Waals surface area (Å²) in [5, 5.41) is 2.78. The van der Waals surface area contributed by atoms with Crippen molar-refractivity contribution >= 4 is 27.5 Å². The molecule has 43 heavy (non-hydrogen) atoms. The fourth-order valence-electron chi connectivity index (χ4n) is 4.67. The number of amides is 2. The first-order valence-corrected chi connectivity index (χ1v) is 15.2. The van der Waals surface area contributed by atoms with Gasteiger partial charge in [0.15, 0.2) is 0 Å². The van der Waals surface area contributed by atoms with Crippen LogP contribution in [0, 0.1) is 5.82 Å². The van der Waals surface area contributed by atoms with E-state index in [9.17, 15) is 22.4 Å². The summed E-state index contributed by atoms with van der Waals surface area (Å²) in [6.45, 7) is 1.17. The number of hydrogen-bond donors (Lipinski definition) is 1. The van der Waals surface area contributed by atoms with Gasteiger partial charge in [-0.05, 0) is 42.8 Å². The number of sulfonamides is 1. The van der Waals surface area contributed by atoms with E-state index in [0.717, 1.165) is 9.87 Å². The van der Waals surface area contributed by atoms with Gasteiger partial charge in [-0.15, -0.1) is 0 Å². The number of likely N-dealkylation sites (N-methyl/N-ethyl adjacent to an activating group) is 1. The Bertz CT molecular complexity index is 1630. The highest BCUT2D eigenvalue weighted by Gasteiger charge is 2.35. The summed E-state index contributed by atoms with van der Waals surface area (Å²) in [7, 11) is -2.79. The Labute approximate surface area is 251 Å². The molecule has 0 aliphatic heterocycles. The number of anilines is 1. The van der Waals surface area contributed by atoms with Crippen molar-refractivity contribution in [2.75, 3.05) is 24.5 Å². The average Bonchev–Trinajstić information content (AvgIpc) is 3.03. The van der Waals surface area contributed by atoms with Gasteiger partial charge in [-0.3, -0.25) is 13.9 Å². The molecule has 0 saturated carbocycles. The Morgan fingerprint density at radius 2 is 1.53 bits per heavy atom. The van der Waals surface area contributed by atoms with Gasteiger partial charge in [0.2, 0.25) is 11.8 Å². The predicted molar refractivity (Wildman–Crippen MR) is 164 cm³/mol. The lowest BCUT2D eigenvalue weighted by Gasteiger charge is -2.34. The van der Waals surface area contributed by atoms with Crippen LogP contribution >= 0.6 is 0 Å². The molecule has 0 spiro atoms. The molecule has 0 aliphatic carbocycles. The van der Waals surface area contributed by atoms with Crippen LogP contribution in [-0.2, 0) is 32.6 Å². The van der Waals surface area contributed by atoms with Crippen LogP contribution in [0.5, 0.6) is 5.75 Å². The molecule has 1 N–H and O–H groups in total. The van der Waals surface area contributed by atoms with E-state index in [4.69, 9.17) is 4.74 Å². The van der Waals surface area contributed by atoms with Gasteiger partial charge in [-0.2, -0.15) is 0 Å². The van der Waals surface area contributed by atoms with Gasteiger partial charge in [0, 0.05) is 31.1 Å². The normalized spacial score (nSPS) is 11.8. The lowest BCUT2D eigenvalue weighted by atomic mass is 10.0. The van der Waals surface area contributed by atoms with Crippen molar-refractivity contribution in [3.63, 3.8) is 0 Å². The van der Waals surface area contributed by atoms with E-state index >= 15 is 0 Å². The molecule has 4 aromatic carbocycles. The fraction of sp³-hybridized carbons (Fsp3) is 0.212. The Balaban J connectivity index is 1.81. The van der Waals surface area contributed by atoms with Crippen molar-refractivity contribution in [3.8, 4) is 5.75 Å². The van der Waals surface area contributed by atoms with Crippen LogP contribution in [0.15, 0.2) is 114 Å². The summed E-state index contributed by atoms with van der Waals surface area (Å²) in [4.78, 5) is 29.0. The summed E-state index contributed by atoms with van der Waals surface area (Å²) >= 11 is 0. The maximum Gasteiger partial charge on any atom is 0.264 e. The molecule has 8 nitrogen and oxygen atoms in total. The average molecular weight is 604 g/mol. The molecule has 0 unspecified atom stereocenters. The van der Waals surface area contributed by atoms with E-state index in [1.807, 2.05) is 30.3 Å². The number of nitrogens with one attached hydrogen (secondary N) is 1. The third-order valence-electron chi connectivity index (χ3n) is 6.87. The summed E-state index contributed by atoms with van der Waals surface area (Å²) in [6, 6.07) is 28.2. The summed E-state index contributed by atoms with van der Waals surface area (Å²) in [5.74, 6) is -1.27. The number of carbonyl (C=O) groups excluding carboxylic acids is 2. The number of nitrogens with zero attached hydrogens (tertiary/aromatic N) is 2. The first-order valence-electron chi connectivity index (χ1n) is 13.8. The number of carbonyl (C=O) groups is 2. The molecule has 0 bridgehead atoms. The molecule has 4 aromatic rings. The highest BCUT2D eigenvalue weighted by atomic mass is 32.2. The molecule has 0 heterocycles. The van der Waals surface area contributed by atoms with Crippen LogP contribution < -0.4 is 14.4 Å². The zero-order valence-electron chi connectivity index (χ0n) is 24.0. The molecule has 0 aliphatic rings. The molecule has 10 heteroatoms. The van der Waals surface area contributed by atoms with Gasteiger partial charge in [0.1, 0.15) is 24.2 Å². The number of ether oxygens (including phenoxy) is 1. The minimum absolute atomic E-state index is 0.0177. The standard InChI is InChI=1S/C33H34FN3O5S/c1-3-35-33(39)31(21-25-13-6-4-7-14-25)36(23-26-15-10-11-20-30(26)34)32(38)24-37(27-16-12-17-28(22-27)42-2)43(40,41)29-18-8-5-9-19-29/h4-20,22,31H,3,21,23-24H2,1-2H3,(H,35,39)/t31-/m1/s1. The Morgan fingerprint density at radius 1 is 0.884 bits per heavy atom. The van der Waals surface area contributed by atoms with E-state index in [-0.39, 0.29) is 29.1 Å². The van der Waals surface area contributed by atoms with Crippen molar-refractivity contribution in [1.29, 1.82) is 0 Å². The number of benzene rings is 4. The number of methoxy groups -OCH3 is 1. The van der Waals surface area contributed by atoms with Gasteiger partial charge < -0.3 is 15.0 Å². The van der Waals surface area contributed by atoms with E-state index < -0.39 is 40.2 Å². The summed E-state index contributed by atoms with van der Waals surface area (Å²) in [5.41, 5.74) is 1.17. The molecule has 0 fully saturated rings. The van der Waals surface area contributed by atoms with Crippen LogP contribution in [0.1, 0.15) is 18.1 Å². The van der Waals surface area contributed by atoms with Crippen molar-refractivity contribution in [3.05, 3.63) is 126 Å². The van der Waals surface area contributed by atoms with Crippen LogP contribution in [0.2, 0.25) is 0 Å². The Kier molecular flexibility index (Phi) is 10.5. The van der Waals surface area contributed by atoms with Gasteiger partial charge in [0.25, 0.3) is 10.0 Å². The molecule has 2 amide bonds. The minimum Gasteiger partial charge on any atom is -0.497 e. The second kappa shape index (κ2) is 14.5.